The van der Waals surface area contributed by atoms with Crippen molar-refractivity contribution in [1.29, 1.82) is 0 Å². The lowest BCUT2D eigenvalue weighted by atomic mass is 10.2. The molecule has 0 aliphatic rings. The second-order valence-electron chi connectivity index (χ2n) is 4.74. The second kappa shape index (κ2) is 12.6. The van der Waals surface area contributed by atoms with Crippen LogP contribution in [0.25, 0.3) is 0 Å². The van der Waals surface area contributed by atoms with Crippen LogP contribution in [0.1, 0.15) is 30.6 Å². The Morgan fingerprint density at radius 3 is 2.35 bits per heavy atom. The van der Waals surface area contributed by atoms with E-state index in [9.17, 15) is 9.59 Å². The van der Waals surface area contributed by atoms with Crippen LogP contribution in [-0.4, -0.2) is 30.2 Å². The van der Waals surface area contributed by atoms with Gasteiger partial charge in [-0.1, -0.05) is 28.6 Å². The number of alkyl halides is 1. The highest BCUT2D eigenvalue weighted by atomic mass is 79.9. The number of hydrogen-bond donors (Lipinski definition) is 1. The second-order valence-corrected chi connectivity index (χ2v) is 4.74. The zero-order chi connectivity index (χ0) is 17.7. The van der Waals surface area contributed by atoms with E-state index in [4.69, 9.17) is 0 Å². The number of pyridine rings is 1. The molecule has 0 amide bonds. The summed E-state index contributed by atoms with van der Waals surface area (Å²) in [7, 11) is 0. The maximum atomic E-state index is 11.2. The Kier molecular flexibility index (Phi) is 11.6. The number of hydrogen-bond acceptors (Lipinski definition) is 2. The molecule has 1 aromatic heterocycles. The number of halogens is 1. The Bertz CT molecular complexity index is 575. The summed E-state index contributed by atoms with van der Waals surface area (Å²) in [6.07, 6.45) is 9.80. The summed E-state index contributed by atoms with van der Waals surface area (Å²) < 4.78 is 2.04. The van der Waals surface area contributed by atoms with Gasteiger partial charge in [0.2, 0.25) is 0 Å². The molecule has 1 aromatic rings. The van der Waals surface area contributed by atoms with Crippen molar-refractivity contribution in [3.05, 3.63) is 54.4 Å². The van der Waals surface area contributed by atoms with Crippen LogP contribution >= 0.6 is 15.9 Å². The number of rotatable bonds is 8. The molecular formula is C18H25BrN2O2+2. The standard InChI is InChI=1S/C17H21N2O2.CH3Br/c1-4-16(14(2)20)6-10-18-9-5-11-19-12-7-17(8-13-19)15(3)21;1-2/h4,6-8,10,12-13H,1,5,9,11H2,2-3H3;1H3/q+1;/p+1/b16-6+,18-10?;. The summed E-state index contributed by atoms with van der Waals surface area (Å²) in [5.41, 5.74) is 1.32. The molecule has 1 heterocycles. The lowest BCUT2D eigenvalue weighted by molar-refractivity contribution is -0.700. The van der Waals surface area contributed by atoms with E-state index in [1.54, 1.807) is 25.3 Å². The molecule has 124 valence electrons. The highest BCUT2D eigenvalue weighted by Crippen LogP contribution is 1.95. The first-order valence-electron chi connectivity index (χ1n) is 7.32. The van der Waals surface area contributed by atoms with Gasteiger partial charge in [-0.25, -0.2) is 9.56 Å². The van der Waals surface area contributed by atoms with E-state index < -0.39 is 0 Å². The lowest BCUT2D eigenvalue weighted by Gasteiger charge is -1.95. The number of nitrogens with one attached hydrogen (secondary N) is 1. The number of nitrogens with zero attached hydrogens (tertiary/aromatic N) is 1. The van der Waals surface area contributed by atoms with Gasteiger partial charge in [0.15, 0.2) is 36.7 Å². The Morgan fingerprint density at radius 2 is 1.87 bits per heavy atom. The number of aryl methyl sites for hydroxylation is 1. The molecule has 0 radical (unpaired) electrons. The van der Waals surface area contributed by atoms with Crippen molar-refractivity contribution in [2.75, 3.05) is 12.4 Å². The van der Waals surface area contributed by atoms with Gasteiger partial charge in [0.05, 0.1) is 6.42 Å². The average molecular weight is 381 g/mol. The van der Waals surface area contributed by atoms with Crippen molar-refractivity contribution in [2.24, 2.45) is 0 Å². The first-order valence-corrected chi connectivity index (χ1v) is 8.91. The molecule has 1 N–H and O–H groups in total. The van der Waals surface area contributed by atoms with Crippen LogP contribution in [0.4, 0.5) is 0 Å². The molecule has 0 bridgehead atoms. The fourth-order valence-electron chi connectivity index (χ4n) is 1.77. The quantitative estimate of drug-likeness (QED) is 0.141. The summed E-state index contributed by atoms with van der Waals surface area (Å²) in [5, 5.41) is 0. The molecule has 1 rings (SSSR count). The summed E-state index contributed by atoms with van der Waals surface area (Å²) in [6, 6.07) is 3.65. The van der Waals surface area contributed by atoms with E-state index in [-0.39, 0.29) is 11.6 Å². The van der Waals surface area contributed by atoms with Crippen LogP contribution in [0, 0.1) is 0 Å². The Labute approximate surface area is 146 Å². The van der Waals surface area contributed by atoms with Gasteiger partial charge in [-0.3, -0.25) is 9.59 Å². The molecule has 4 nitrogen and oxygen atoms in total. The van der Waals surface area contributed by atoms with E-state index in [2.05, 4.69) is 27.5 Å². The number of allylic oxidation sites excluding steroid dienone is 3. The zero-order valence-electron chi connectivity index (χ0n) is 14.0. The number of Topliss-reactive ketones (excluding diaryl/α,β-unsaturated/α-hetero) is 2. The van der Waals surface area contributed by atoms with Crippen LogP contribution in [0.15, 0.2) is 48.8 Å². The van der Waals surface area contributed by atoms with Gasteiger partial charge in [-0.05, 0) is 19.7 Å². The smallest absolute Gasteiger partial charge is 0.169 e. The molecule has 23 heavy (non-hydrogen) atoms. The average Bonchev–Trinajstić information content (AvgIpc) is 2.56. The number of aromatic nitrogens is 1. The van der Waals surface area contributed by atoms with Gasteiger partial charge in [-0.2, -0.15) is 0 Å². The molecule has 0 saturated heterocycles. The van der Waals surface area contributed by atoms with Crippen LogP contribution in [0.5, 0.6) is 0 Å². The van der Waals surface area contributed by atoms with Crippen LogP contribution in [0.2, 0.25) is 0 Å². The Hall–Kier alpha value is -1.88. The third-order valence-corrected chi connectivity index (χ3v) is 3.04. The van der Waals surface area contributed by atoms with Crippen molar-refractivity contribution in [3.63, 3.8) is 0 Å². The molecule has 5 heteroatoms. The SMILES string of the molecule is C=C/C(=C\C=[NH+]CCC[n+]1ccc(C(C)=O)cc1)C(C)=O.CBr. The first-order chi connectivity index (χ1) is 11.0. The predicted octanol–water partition coefficient (Wildman–Crippen LogP) is 1.43. The maximum Gasteiger partial charge on any atom is 0.169 e. The summed E-state index contributed by atoms with van der Waals surface area (Å²) >= 11 is 2.94. The summed E-state index contributed by atoms with van der Waals surface area (Å²) in [6.45, 7) is 8.34. The highest BCUT2D eigenvalue weighted by molar-refractivity contribution is 9.08. The van der Waals surface area contributed by atoms with E-state index in [0.29, 0.717) is 5.57 Å². The number of ketones is 2. The molecule has 0 atom stereocenters. The van der Waals surface area contributed by atoms with Crippen molar-refractivity contribution >= 4 is 33.7 Å². The molecule has 0 spiro atoms. The van der Waals surface area contributed by atoms with Crippen molar-refractivity contribution in [2.45, 2.75) is 26.8 Å². The zero-order valence-corrected chi connectivity index (χ0v) is 15.6. The monoisotopic (exact) mass is 380 g/mol. The minimum atomic E-state index is 0.00386. The van der Waals surface area contributed by atoms with Crippen molar-refractivity contribution < 1.29 is 19.1 Å². The Balaban J connectivity index is 0.00000232. The minimum Gasteiger partial charge on any atom is -0.295 e. The molecule has 0 saturated carbocycles. The van der Waals surface area contributed by atoms with Crippen molar-refractivity contribution in [3.8, 4) is 0 Å². The third kappa shape index (κ3) is 8.98. The van der Waals surface area contributed by atoms with E-state index in [0.717, 1.165) is 25.1 Å². The highest BCUT2D eigenvalue weighted by Gasteiger charge is 2.04. The van der Waals surface area contributed by atoms with Gasteiger partial charge in [0.25, 0.3) is 0 Å². The summed E-state index contributed by atoms with van der Waals surface area (Å²) in [4.78, 5) is 25.4. The molecule has 0 aliphatic heterocycles. The minimum absolute atomic E-state index is 0.00386. The summed E-state index contributed by atoms with van der Waals surface area (Å²) in [5.74, 6) is 1.89. The maximum absolute atomic E-state index is 11.2. The van der Waals surface area contributed by atoms with E-state index in [1.807, 2.05) is 34.9 Å². The Morgan fingerprint density at radius 1 is 1.26 bits per heavy atom. The lowest BCUT2D eigenvalue weighted by Crippen LogP contribution is -2.69. The molecular weight excluding hydrogens is 356 g/mol. The van der Waals surface area contributed by atoms with Gasteiger partial charge in [0.1, 0.15) is 6.54 Å². The van der Waals surface area contributed by atoms with Gasteiger partial charge in [0, 0.05) is 29.3 Å². The largest absolute Gasteiger partial charge is 0.295 e. The van der Waals surface area contributed by atoms with Gasteiger partial charge >= 0.3 is 0 Å². The number of carbonyl (C=O) groups is 2. The fourth-order valence-corrected chi connectivity index (χ4v) is 1.77. The van der Waals surface area contributed by atoms with E-state index >= 15 is 0 Å². The van der Waals surface area contributed by atoms with Crippen LogP contribution in [-0.2, 0) is 11.3 Å². The van der Waals surface area contributed by atoms with Crippen LogP contribution in [0.3, 0.4) is 0 Å². The van der Waals surface area contributed by atoms with Crippen molar-refractivity contribution in [1.82, 2.24) is 0 Å². The third-order valence-electron chi connectivity index (χ3n) is 3.04. The molecule has 0 aliphatic carbocycles. The van der Waals surface area contributed by atoms with Gasteiger partial charge < -0.3 is 0 Å². The number of carbonyl (C=O) groups excluding carboxylic acids is 2. The predicted molar refractivity (Wildman–Crippen MR) is 97.0 cm³/mol. The molecule has 0 fully saturated rings. The topological polar surface area (TPSA) is 52.0 Å². The molecule has 0 aromatic carbocycles. The van der Waals surface area contributed by atoms with Crippen LogP contribution < -0.4 is 9.56 Å². The normalized spacial score (nSPS) is 10.9. The fraction of sp³-hybridized carbons (Fsp3) is 0.333. The van der Waals surface area contributed by atoms with E-state index in [1.165, 1.54) is 6.92 Å². The van der Waals surface area contributed by atoms with Gasteiger partial charge in [-0.15, -0.1) is 0 Å². The first kappa shape index (κ1) is 21.1. The molecule has 0 unspecified atom stereocenters.